The van der Waals surface area contributed by atoms with E-state index in [-0.39, 0.29) is 5.56 Å². The summed E-state index contributed by atoms with van der Waals surface area (Å²) in [7, 11) is 1.52. The molecule has 0 bridgehead atoms. The van der Waals surface area contributed by atoms with Gasteiger partial charge in [0.2, 0.25) is 0 Å². The van der Waals surface area contributed by atoms with Gasteiger partial charge in [-0.1, -0.05) is 12.1 Å². The van der Waals surface area contributed by atoms with Crippen molar-refractivity contribution in [2.45, 2.75) is 6.92 Å². The van der Waals surface area contributed by atoms with Crippen LogP contribution < -0.4 is 9.47 Å². The Hall–Kier alpha value is -2.49. The summed E-state index contributed by atoms with van der Waals surface area (Å²) in [4.78, 5) is 11.1. The standard InChI is InChI=1S/C16H16O4/c1-3-20-14-6-4-5-11(8-14)12-7-13(16(17)18)10-15(9-12)19-2/h4-10H,3H2,1-2H3,(H,17,18). The molecule has 0 saturated carbocycles. The highest BCUT2D eigenvalue weighted by atomic mass is 16.5. The first-order chi connectivity index (χ1) is 9.63. The van der Waals surface area contributed by atoms with Gasteiger partial charge in [-0.2, -0.15) is 0 Å². The van der Waals surface area contributed by atoms with E-state index in [0.717, 1.165) is 16.9 Å². The summed E-state index contributed by atoms with van der Waals surface area (Å²) in [5.74, 6) is 0.289. The molecule has 20 heavy (non-hydrogen) atoms. The lowest BCUT2D eigenvalue weighted by atomic mass is 10.0. The molecule has 2 rings (SSSR count). The van der Waals surface area contributed by atoms with E-state index in [1.807, 2.05) is 31.2 Å². The summed E-state index contributed by atoms with van der Waals surface area (Å²) in [5.41, 5.74) is 1.86. The van der Waals surface area contributed by atoms with Gasteiger partial charge in [0, 0.05) is 0 Å². The van der Waals surface area contributed by atoms with Crippen LogP contribution in [0.1, 0.15) is 17.3 Å². The Kier molecular flexibility index (Phi) is 4.25. The van der Waals surface area contributed by atoms with Gasteiger partial charge >= 0.3 is 5.97 Å². The fraction of sp³-hybridized carbons (Fsp3) is 0.188. The van der Waals surface area contributed by atoms with E-state index in [4.69, 9.17) is 14.6 Å². The molecule has 0 unspecified atom stereocenters. The van der Waals surface area contributed by atoms with Gasteiger partial charge in [0.15, 0.2) is 0 Å². The van der Waals surface area contributed by atoms with Crippen molar-refractivity contribution in [2.75, 3.05) is 13.7 Å². The molecule has 0 radical (unpaired) electrons. The average Bonchev–Trinajstić information content (AvgIpc) is 2.47. The number of hydrogen-bond acceptors (Lipinski definition) is 3. The van der Waals surface area contributed by atoms with Crippen molar-refractivity contribution in [1.29, 1.82) is 0 Å². The van der Waals surface area contributed by atoms with Crippen LogP contribution in [0.5, 0.6) is 11.5 Å². The summed E-state index contributed by atoms with van der Waals surface area (Å²) in [6, 6.07) is 12.4. The summed E-state index contributed by atoms with van der Waals surface area (Å²) >= 11 is 0. The van der Waals surface area contributed by atoms with E-state index in [1.165, 1.54) is 13.2 Å². The molecule has 0 fully saturated rings. The first kappa shape index (κ1) is 13.9. The molecule has 0 aliphatic heterocycles. The number of carbonyl (C=O) groups is 1. The quantitative estimate of drug-likeness (QED) is 0.905. The molecule has 104 valence electrons. The van der Waals surface area contributed by atoms with Gasteiger partial charge in [0.1, 0.15) is 11.5 Å². The number of benzene rings is 2. The van der Waals surface area contributed by atoms with E-state index >= 15 is 0 Å². The molecular formula is C16H16O4. The van der Waals surface area contributed by atoms with Crippen molar-refractivity contribution in [1.82, 2.24) is 0 Å². The molecule has 0 heterocycles. The Balaban J connectivity index is 2.48. The summed E-state index contributed by atoms with van der Waals surface area (Å²) in [6.07, 6.45) is 0. The molecule has 4 nitrogen and oxygen atoms in total. The third-order valence-electron chi connectivity index (χ3n) is 2.87. The minimum Gasteiger partial charge on any atom is -0.497 e. The zero-order valence-electron chi connectivity index (χ0n) is 11.4. The van der Waals surface area contributed by atoms with E-state index in [2.05, 4.69) is 0 Å². The van der Waals surface area contributed by atoms with Gasteiger partial charge < -0.3 is 14.6 Å². The Bertz CT molecular complexity index is 620. The normalized spacial score (nSPS) is 10.1. The van der Waals surface area contributed by atoms with E-state index < -0.39 is 5.97 Å². The summed E-state index contributed by atoms with van der Waals surface area (Å²) in [5, 5.41) is 9.13. The Morgan fingerprint density at radius 1 is 1.10 bits per heavy atom. The predicted molar refractivity (Wildman–Crippen MR) is 76.6 cm³/mol. The van der Waals surface area contributed by atoms with Crippen molar-refractivity contribution in [3.63, 3.8) is 0 Å². The lowest BCUT2D eigenvalue weighted by Gasteiger charge is -2.09. The van der Waals surface area contributed by atoms with Gasteiger partial charge in [0.25, 0.3) is 0 Å². The second-order valence-electron chi connectivity index (χ2n) is 4.22. The van der Waals surface area contributed by atoms with Crippen LogP contribution >= 0.6 is 0 Å². The number of rotatable bonds is 5. The molecule has 2 aromatic carbocycles. The third-order valence-corrected chi connectivity index (χ3v) is 2.87. The minimum atomic E-state index is -0.980. The first-order valence-electron chi connectivity index (χ1n) is 6.29. The predicted octanol–water partition coefficient (Wildman–Crippen LogP) is 3.46. The Morgan fingerprint density at radius 2 is 1.85 bits per heavy atom. The monoisotopic (exact) mass is 272 g/mol. The van der Waals surface area contributed by atoms with Crippen LogP contribution in [0.4, 0.5) is 0 Å². The number of aromatic carboxylic acids is 1. The Morgan fingerprint density at radius 3 is 2.50 bits per heavy atom. The van der Waals surface area contributed by atoms with Crippen LogP contribution in [0.2, 0.25) is 0 Å². The molecule has 0 saturated heterocycles. The molecule has 0 aliphatic carbocycles. The molecule has 2 aromatic rings. The molecule has 0 spiro atoms. The molecule has 0 aliphatic rings. The highest BCUT2D eigenvalue weighted by molar-refractivity contribution is 5.90. The maximum Gasteiger partial charge on any atom is 0.335 e. The summed E-state index contributed by atoms with van der Waals surface area (Å²) < 4.78 is 10.6. The third kappa shape index (κ3) is 3.09. The number of ether oxygens (including phenoxy) is 2. The number of carboxylic acids is 1. The van der Waals surface area contributed by atoms with Crippen LogP contribution in [-0.2, 0) is 0 Å². The number of hydrogen-bond donors (Lipinski definition) is 1. The second-order valence-corrected chi connectivity index (χ2v) is 4.22. The fourth-order valence-electron chi connectivity index (χ4n) is 1.94. The van der Waals surface area contributed by atoms with Crippen LogP contribution in [-0.4, -0.2) is 24.8 Å². The molecule has 0 aromatic heterocycles. The SMILES string of the molecule is CCOc1cccc(-c2cc(OC)cc(C(=O)O)c2)c1. The molecule has 0 amide bonds. The van der Waals surface area contributed by atoms with Crippen molar-refractivity contribution < 1.29 is 19.4 Å². The number of carboxylic acid groups (broad SMARTS) is 1. The van der Waals surface area contributed by atoms with Crippen molar-refractivity contribution in [3.8, 4) is 22.6 Å². The topological polar surface area (TPSA) is 55.8 Å². The lowest BCUT2D eigenvalue weighted by molar-refractivity contribution is 0.0696. The van der Waals surface area contributed by atoms with Gasteiger partial charge in [0.05, 0.1) is 19.3 Å². The average molecular weight is 272 g/mol. The van der Waals surface area contributed by atoms with Crippen LogP contribution in [0.25, 0.3) is 11.1 Å². The van der Waals surface area contributed by atoms with Crippen LogP contribution in [0.3, 0.4) is 0 Å². The number of methoxy groups -OCH3 is 1. The van der Waals surface area contributed by atoms with Crippen molar-refractivity contribution in [2.24, 2.45) is 0 Å². The van der Waals surface area contributed by atoms with E-state index in [0.29, 0.717) is 12.4 Å². The van der Waals surface area contributed by atoms with E-state index in [1.54, 1.807) is 12.1 Å². The van der Waals surface area contributed by atoms with Gasteiger partial charge in [-0.25, -0.2) is 4.79 Å². The smallest absolute Gasteiger partial charge is 0.335 e. The van der Waals surface area contributed by atoms with Crippen LogP contribution in [0, 0.1) is 0 Å². The van der Waals surface area contributed by atoms with Crippen molar-refractivity contribution in [3.05, 3.63) is 48.0 Å². The maximum absolute atomic E-state index is 11.1. The maximum atomic E-state index is 11.1. The molecule has 0 atom stereocenters. The van der Waals surface area contributed by atoms with Gasteiger partial charge in [-0.05, 0) is 48.4 Å². The minimum absolute atomic E-state index is 0.196. The van der Waals surface area contributed by atoms with Gasteiger partial charge in [-0.3, -0.25) is 0 Å². The first-order valence-corrected chi connectivity index (χ1v) is 6.29. The zero-order valence-corrected chi connectivity index (χ0v) is 11.4. The second kappa shape index (κ2) is 6.10. The summed E-state index contributed by atoms with van der Waals surface area (Å²) in [6.45, 7) is 2.50. The molecular weight excluding hydrogens is 256 g/mol. The fourth-order valence-corrected chi connectivity index (χ4v) is 1.94. The van der Waals surface area contributed by atoms with Crippen LogP contribution in [0.15, 0.2) is 42.5 Å². The molecule has 1 N–H and O–H groups in total. The Labute approximate surface area is 117 Å². The lowest BCUT2D eigenvalue weighted by Crippen LogP contribution is -1.98. The highest BCUT2D eigenvalue weighted by Crippen LogP contribution is 2.28. The van der Waals surface area contributed by atoms with Crippen molar-refractivity contribution >= 4 is 5.97 Å². The largest absolute Gasteiger partial charge is 0.497 e. The van der Waals surface area contributed by atoms with E-state index in [9.17, 15) is 4.79 Å². The zero-order chi connectivity index (χ0) is 14.5. The van der Waals surface area contributed by atoms with Gasteiger partial charge in [-0.15, -0.1) is 0 Å². The molecule has 4 heteroatoms. The highest BCUT2D eigenvalue weighted by Gasteiger charge is 2.09.